The van der Waals surface area contributed by atoms with Crippen LogP contribution >= 0.6 is 11.3 Å². The van der Waals surface area contributed by atoms with Gasteiger partial charge in [0.1, 0.15) is 10.8 Å². The van der Waals surface area contributed by atoms with Gasteiger partial charge in [0.2, 0.25) is 5.13 Å². The number of aromatic nitrogens is 4. The van der Waals surface area contributed by atoms with Crippen LogP contribution in [-0.4, -0.2) is 46.5 Å². The first kappa shape index (κ1) is 22.2. The number of carbonyl (C=O) groups is 1. The lowest BCUT2D eigenvalue weighted by molar-refractivity contribution is -0.126. The maximum Gasteiger partial charge on any atom is 0.260 e. The highest BCUT2D eigenvalue weighted by molar-refractivity contribution is 7.15. The molecule has 1 fully saturated rings. The van der Waals surface area contributed by atoms with Gasteiger partial charge in [0, 0.05) is 38.4 Å². The number of nitrogens with zero attached hydrogens (tertiary/aromatic N) is 5. The molecule has 10 heteroatoms. The fourth-order valence-electron chi connectivity index (χ4n) is 3.87. The van der Waals surface area contributed by atoms with E-state index in [1.54, 1.807) is 18.3 Å². The first-order valence-electron chi connectivity index (χ1n) is 10.5. The summed E-state index contributed by atoms with van der Waals surface area (Å²) in [6.45, 7) is 3.68. The Morgan fingerprint density at radius 2 is 2.09 bits per heavy atom. The van der Waals surface area contributed by atoms with Crippen molar-refractivity contribution < 1.29 is 13.9 Å². The minimum absolute atomic E-state index is 0.199. The number of nitrogens with one attached hydrogen (secondary N) is 1. The van der Waals surface area contributed by atoms with E-state index in [4.69, 9.17) is 4.74 Å². The minimum Gasteiger partial charge on any atom is -0.367 e. The van der Waals surface area contributed by atoms with E-state index >= 15 is 0 Å². The number of hydrogen-bond donors (Lipinski definition) is 1. The highest BCUT2D eigenvalue weighted by Gasteiger charge is 2.26. The molecular formula is C22H25FN6O2S. The maximum atomic E-state index is 14.2. The van der Waals surface area contributed by atoms with E-state index in [2.05, 4.69) is 30.6 Å². The second-order valence-corrected chi connectivity index (χ2v) is 8.91. The van der Waals surface area contributed by atoms with E-state index in [9.17, 15) is 9.18 Å². The third kappa shape index (κ3) is 5.25. The Labute approximate surface area is 189 Å². The third-order valence-electron chi connectivity index (χ3n) is 5.56. The normalized spacial score (nSPS) is 15.5. The van der Waals surface area contributed by atoms with Crippen molar-refractivity contribution in [2.75, 3.05) is 30.4 Å². The summed E-state index contributed by atoms with van der Waals surface area (Å²) in [5.41, 5.74) is 1.05. The van der Waals surface area contributed by atoms with Crippen molar-refractivity contribution in [1.82, 2.24) is 20.4 Å². The van der Waals surface area contributed by atoms with Gasteiger partial charge in [0.05, 0.1) is 0 Å². The van der Waals surface area contributed by atoms with Crippen LogP contribution in [0.25, 0.3) is 0 Å². The number of benzene rings is 1. The number of halogens is 1. The SMILES string of the molecule is COC(C(=O)Nc1nnc(CC2CCN(c3cccnn3)CC2)s1)c1cc(C)ccc1F. The van der Waals surface area contributed by atoms with Gasteiger partial charge in [-0.15, -0.1) is 15.3 Å². The van der Waals surface area contributed by atoms with Gasteiger partial charge in [-0.25, -0.2) is 4.39 Å². The molecule has 1 aromatic carbocycles. The van der Waals surface area contributed by atoms with Crippen LogP contribution in [0.3, 0.4) is 0 Å². The summed E-state index contributed by atoms with van der Waals surface area (Å²) in [5, 5.41) is 20.4. The van der Waals surface area contributed by atoms with Gasteiger partial charge in [0.25, 0.3) is 5.91 Å². The van der Waals surface area contributed by atoms with Gasteiger partial charge in [-0.3, -0.25) is 10.1 Å². The standard InChI is InChI=1S/C22H25FN6O2S/c1-14-5-6-17(23)16(12-14)20(31-2)21(30)25-22-28-27-19(32-22)13-15-7-10-29(11-8-15)18-4-3-9-24-26-18/h3-6,9,12,15,20H,7-8,10-11,13H2,1-2H3,(H,25,28,30). The Morgan fingerprint density at radius 1 is 1.28 bits per heavy atom. The van der Waals surface area contributed by atoms with E-state index in [1.165, 1.54) is 24.5 Å². The van der Waals surface area contributed by atoms with E-state index in [0.29, 0.717) is 11.0 Å². The van der Waals surface area contributed by atoms with E-state index < -0.39 is 17.8 Å². The monoisotopic (exact) mass is 456 g/mol. The van der Waals surface area contributed by atoms with Crippen LogP contribution in [0.4, 0.5) is 15.3 Å². The number of hydrogen-bond acceptors (Lipinski definition) is 8. The molecule has 2 aromatic heterocycles. The molecule has 0 spiro atoms. The summed E-state index contributed by atoms with van der Waals surface area (Å²) < 4.78 is 19.5. The number of carbonyl (C=O) groups excluding carboxylic acids is 1. The molecule has 3 heterocycles. The molecule has 8 nitrogen and oxygen atoms in total. The fraction of sp³-hybridized carbons (Fsp3) is 0.409. The summed E-state index contributed by atoms with van der Waals surface area (Å²) in [6, 6.07) is 8.47. The van der Waals surface area contributed by atoms with Crippen LogP contribution in [0.5, 0.6) is 0 Å². The Balaban J connectivity index is 1.33. The second-order valence-electron chi connectivity index (χ2n) is 7.85. The number of piperidine rings is 1. The maximum absolute atomic E-state index is 14.2. The largest absolute Gasteiger partial charge is 0.367 e. The molecule has 0 aliphatic carbocycles. The molecule has 1 atom stereocenters. The Bertz CT molecular complexity index is 1060. The van der Waals surface area contributed by atoms with Crippen LogP contribution in [0.2, 0.25) is 0 Å². The summed E-state index contributed by atoms with van der Waals surface area (Å²) in [5.74, 6) is 0.442. The molecule has 168 valence electrons. The Hall–Kier alpha value is -2.98. The molecule has 1 aliphatic rings. The van der Waals surface area contributed by atoms with Crippen molar-refractivity contribution in [3.05, 3.63) is 58.5 Å². The number of anilines is 2. The van der Waals surface area contributed by atoms with Crippen molar-refractivity contribution in [2.24, 2.45) is 5.92 Å². The third-order valence-corrected chi connectivity index (χ3v) is 6.43. The predicted molar refractivity (Wildman–Crippen MR) is 120 cm³/mol. The van der Waals surface area contributed by atoms with Crippen LogP contribution in [0, 0.1) is 18.7 Å². The Kier molecular flexibility index (Phi) is 7.01. The van der Waals surface area contributed by atoms with Crippen molar-refractivity contribution in [2.45, 2.75) is 32.3 Å². The molecule has 1 saturated heterocycles. The molecule has 1 N–H and O–H groups in total. The molecule has 32 heavy (non-hydrogen) atoms. The lowest BCUT2D eigenvalue weighted by Crippen LogP contribution is -2.34. The average Bonchev–Trinajstić information content (AvgIpc) is 3.24. The quantitative estimate of drug-likeness (QED) is 0.581. The smallest absolute Gasteiger partial charge is 0.260 e. The highest BCUT2D eigenvalue weighted by atomic mass is 32.1. The molecule has 4 rings (SSSR count). The average molecular weight is 457 g/mol. The molecule has 0 saturated carbocycles. The van der Waals surface area contributed by atoms with Crippen molar-refractivity contribution >= 4 is 28.2 Å². The van der Waals surface area contributed by atoms with Crippen LogP contribution < -0.4 is 10.2 Å². The van der Waals surface area contributed by atoms with Gasteiger partial charge >= 0.3 is 0 Å². The molecule has 1 amide bonds. The number of rotatable bonds is 7. The number of amides is 1. The zero-order valence-corrected chi connectivity index (χ0v) is 18.8. The van der Waals surface area contributed by atoms with Crippen molar-refractivity contribution in [3.63, 3.8) is 0 Å². The van der Waals surface area contributed by atoms with Gasteiger partial charge in [-0.05, 0) is 43.9 Å². The topological polar surface area (TPSA) is 93.1 Å². The number of ether oxygens (including phenoxy) is 1. The Morgan fingerprint density at radius 3 is 2.81 bits per heavy atom. The molecule has 3 aromatic rings. The lowest BCUT2D eigenvalue weighted by Gasteiger charge is -2.32. The van der Waals surface area contributed by atoms with E-state index in [1.807, 2.05) is 19.1 Å². The first-order chi connectivity index (χ1) is 15.5. The molecule has 1 aliphatic heterocycles. The van der Waals surface area contributed by atoms with Crippen molar-refractivity contribution in [1.29, 1.82) is 0 Å². The summed E-state index contributed by atoms with van der Waals surface area (Å²) >= 11 is 1.34. The van der Waals surface area contributed by atoms with E-state index in [-0.39, 0.29) is 5.56 Å². The van der Waals surface area contributed by atoms with Gasteiger partial charge in [-0.1, -0.05) is 29.0 Å². The minimum atomic E-state index is -1.06. The summed E-state index contributed by atoms with van der Waals surface area (Å²) in [4.78, 5) is 14.9. The molecule has 1 unspecified atom stereocenters. The molecule has 0 bridgehead atoms. The lowest BCUT2D eigenvalue weighted by atomic mass is 9.94. The van der Waals surface area contributed by atoms with Gasteiger partial charge in [0.15, 0.2) is 11.9 Å². The van der Waals surface area contributed by atoms with Crippen LogP contribution in [-0.2, 0) is 16.0 Å². The summed E-state index contributed by atoms with van der Waals surface area (Å²) in [7, 11) is 1.38. The fourth-order valence-corrected chi connectivity index (χ4v) is 4.73. The van der Waals surface area contributed by atoms with E-state index in [0.717, 1.165) is 48.7 Å². The molecule has 0 radical (unpaired) electrons. The van der Waals surface area contributed by atoms with Gasteiger partial charge < -0.3 is 9.64 Å². The second kappa shape index (κ2) is 10.1. The van der Waals surface area contributed by atoms with Crippen LogP contribution in [0.1, 0.15) is 35.1 Å². The van der Waals surface area contributed by atoms with Crippen LogP contribution in [0.15, 0.2) is 36.5 Å². The highest BCUT2D eigenvalue weighted by Crippen LogP contribution is 2.28. The first-order valence-corrected chi connectivity index (χ1v) is 11.3. The molecular weight excluding hydrogens is 431 g/mol. The number of aryl methyl sites for hydroxylation is 1. The van der Waals surface area contributed by atoms with Crippen molar-refractivity contribution in [3.8, 4) is 0 Å². The summed E-state index contributed by atoms with van der Waals surface area (Å²) in [6.07, 6.45) is 3.47. The zero-order valence-electron chi connectivity index (χ0n) is 18.0. The zero-order chi connectivity index (χ0) is 22.5. The predicted octanol–water partition coefficient (Wildman–Crippen LogP) is 3.56. The van der Waals surface area contributed by atoms with Gasteiger partial charge in [-0.2, -0.15) is 5.10 Å². The number of methoxy groups -OCH3 is 1.